The first-order valence-corrected chi connectivity index (χ1v) is 8.23. The predicted molar refractivity (Wildman–Crippen MR) is 91.9 cm³/mol. The highest BCUT2D eigenvalue weighted by Gasteiger charge is 2.26. The topological polar surface area (TPSA) is 83.8 Å². The van der Waals surface area contributed by atoms with Gasteiger partial charge in [0.1, 0.15) is 5.76 Å². The fourth-order valence-electron chi connectivity index (χ4n) is 2.76. The summed E-state index contributed by atoms with van der Waals surface area (Å²) in [4.78, 5) is 26.3. The first kappa shape index (κ1) is 17.2. The number of benzene rings is 1. The van der Waals surface area contributed by atoms with Crippen molar-refractivity contribution in [2.24, 2.45) is 0 Å². The Bertz CT molecular complexity index is 682. The van der Waals surface area contributed by atoms with Crippen LogP contribution in [0, 0.1) is 0 Å². The van der Waals surface area contributed by atoms with Crippen molar-refractivity contribution in [3.8, 4) is 0 Å². The molecular formula is C18H21N3O4. The zero-order chi connectivity index (χ0) is 17.5. The number of carbonyl (C=O) groups excluding carboxylic acids is 2. The van der Waals surface area contributed by atoms with Crippen LogP contribution in [0.1, 0.15) is 11.8 Å². The number of hydrogen-bond acceptors (Lipinski definition) is 5. The molecule has 7 heteroatoms. The van der Waals surface area contributed by atoms with E-state index in [4.69, 9.17) is 9.15 Å². The highest BCUT2D eigenvalue weighted by atomic mass is 16.5. The molecule has 2 amide bonds. The first-order chi connectivity index (χ1) is 12.2. The van der Waals surface area contributed by atoms with Crippen molar-refractivity contribution in [1.29, 1.82) is 0 Å². The monoisotopic (exact) mass is 343 g/mol. The maximum atomic E-state index is 12.1. The van der Waals surface area contributed by atoms with Crippen LogP contribution in [0.15, 0.2) is 53.1 Å². The minimum Gasteiger partial charge on any atom is -0.468 e. The van der Waals surface area contributed by atoms with Gasteiger partial charge < -0.3 is 19.8 Å². The van der Waals surface area contributed by atoms with Gasteiger partial charge in [-0.2, -0.15) is 0 Å². The minimum absolute atomic E-state index is 0.132. The maximum absolute atomic E-state index is 12.1. The molecule has 3 rings (SSSR count). The van der Waals surface area contributed by atoms with Crippen LogP contribution in [0.25, 0.3) is 0 Å². The highest BCUT2D eigenvalue weighted by Crippen LogP contribution is 2.21. The summed E-state index contributed by atoms with van der Waals surface area (Å²) in [6, 6.07) is 12.4. The average Bonchev–Trinajstić information content (AvgIpc) is 3.18. The number of nitrogens with zero attached hydrogens (tertiary/aromatic N) is 1. The molecule has 7 nitrogen and oxygen atoms in total. The summed E-state index contributed by atoms with van der Waals surface area (Å²) in [5, 5.41) is 5.27. The quantitative estimate of drug-likeness (QED) is 0.802. The number of rotatable bonds is 5. The van der Waals surface area contributed by atoms with Gasteiger partial charge >= 0.3 is 11.8 Å². The molecular weight excluding hydrogens is 322 g/mol. The lowest BCUT2D eigenvalue weighted by Crippen LogP contribution is -2.45. The third kappa shape index (κ3) is 4.68. The zero-order valence-corrected chi connectivity index (χ0v) is 13.8. The number of ether oxygens (including phenoxy) is 1. The fourth-order valence-corrected chi connectivity index (χ4v) is 2.76. The van der Waals surface area contributed by atoms with Crippen LogP contribution in [-0.2, 0) is 14.3 Å². The molecule has 25 heavy (non-hydrogen) atoms. The summed E-state index contributed by atoms with van der Waals surface area (Å²) >= 11 is 0. The van der Waals surface area contributed by atoms with Crippen molar-refractivity contribution >= 4 is 17.5 Å². The molecule has 0 aliphatic carbocycles. The van der Waals surface area contributed by atoms with Crippen LogP contribution in [0.2, 0.25) is 0 Å². The van der Waals surface area contributed by atoms with Crippen molar-refractivity contribution in [1.82, 2.24) is 10.2 Å². The molecule has 1 aromatic heterocycles. The van der Waals surface area contributed by atoms with Crippen LogP contribution in [0.3, 0.4) is 0 Å². The van der Waals surface area contributed by atoms with Gasteiger partial charge in [-0.25, -0.2) is 0 Å². The van der Waals surface area contributed by atoms with Gasteiger partial charge in [0.25, 0.3) is 0 Å². The molecule has 1 unspecified atom stereocenters. The highest BCUT2D eigenvalue weighted by molar-refractivity contribution is 6.39. The van der Waals surface area contributed by atoms with E-state index in [0.29, 0.717) is 18.9 Å². The van der Waals surface area contributed by atoms with E-state index in [1.54, 1.807) is 30.5 Å². The molecule has 1 saturated heterocycles. The SMILES string of the molecule is O=C(NCC(c1ccco1)N1CCOCC1)C(=O)Nc1ccccc1. The molecule has 0 radical (unpaired) electrons. The maximum Gasteiger partial charge on any atom is 0.313 e. The summed E-state index contributed by atoms with van der Waals surface area (Å²) in [5.41, 5.74) is 0.582. The van der Waals surface area contributed by atoms with Crippen molar-refractivity contribution in [3.63, 3.8) is 0 Å². The second-order valence-corrected chi connectivity index (χ2v) is 5.71. The number of amides is 2. The van der Waals surface area contributed by atoms with Crippen molar-refractivity contribution < 1.29 is 18.7 Å². The molecule has 2 heterocycles. The lowest BCUT2D eigenvalue weighted by atomic mass is 10.1. The van der Waals surface area contributed by atoms with E-state index in [1.165, 1.54) is 0 Å². The van der Waals surface area contributed by atoms with Crippen molar-refractivity contribution in [2.75, 3.05) is 38.2 Å². The Morgan fingerprint density at radius 1 is 1.04 bits per heavy atom. The van der Waals surface area contributed by atoms with Gasteiger partial charge in [-0.3, -0.25) is 14.5 Å². The van der Waals surface area contributed by atoms with Crippen LogP contribution in [0.5, 0.6) is 0 Å². The second kappa shape index (κ2) is 8.46. The Hall–Kier alpha value is -2.64. The molecule has 1 aliphatic rings. The standard InChI is InChI=1S/C18H21N3O4/c22-17(18(23)20-14-5-2-1-3-6-14)19-13-15(16-7-4-10-25-16)21-8-11-24-12-9-21/h1-7,10,15H,8-9,11-13H2,(H,19,22)(H,20,23). The van der Waals surface area contributed by atoms with Crippen molar-refractivity contribution in [2.45, 2.75) is 6.04 Å². The number of furan rings is 1. The fraction of sp³-hybridized carbons (Fsp3) is 0.333. The summed E-state index contributed by atoms with van der Waals surface area (Å²) in [6.45, 7) is 3.06. The van der Waals surface area contributed by atoms with E-state index >= 15 is 0 Å². The van der Waals surface area contributed by atoms with Gasteiger partial charge in [0, 0.05) is 25.3 Å². The largest absolute Gasteiger partial charge is 0.468 e. The van der Waals surface area contributed by atoms with Gasteiger partial charge in [-0.1, -0.05) is 18.2 Å². The van der Waals surface area contributed by atoms with E-state index in [0.717, 1.165) is 18.8 Å². The van der Waals surface area contributed by atoms with Crippen LogP contribution >= 0.6 is 0 Å². The van der Waals surface area contributed by atoms with Gasteiger partial charge in [-0.05, 0) is 24.3 Å². The summed E-state index contributed by atoms with van der Waals surface area (Å²) in [5.74, 6) is -0.606. The molecule has 1 aliphatic heterocycles. The molecule has 132 valence electrons. The zero-order valence-electron chi connectivity index (χ0n) is 13.8. The molecule has 0 saturated carbocycles. The van der Waals surface area contributed by atoms with E-state index in [9.17, 15) is 9.59 Å². The van der Waals surface area contributed by atoms with Crippen molar-refractivity contribution in [3.05, 3.63) is 54.5 Å². The van der Waals surface area contributed by atoms with E-state index in [1.807, 2.05) is 18.2 Å². The van der Waals surface area contributed by atoms with Gasteiger partial charge in [0.2, 0.25) is 0 Å². The number of para-hydroxylation sites is 1. The van der Waals surface area contributed by atoms with Crippen LogP contribution in [0.4, 0.5) is 5.69 Å². The summed E-state index contributed by atoms with van der Waals surface area (Å²) < 4.78 is 10.9. The number of anilines is 1. The number of carbonyl (C=O) groups is 2. The Morgan fingerprint density at radius 3 is 2.48 bits per heavy atom. The average molecular weight is 343 g/mol. The van der Waals surface area contributed by atoms with Crippen LogP contribution < -0.4 is 10.6 Å². The van der Waals surface area contributed by atoms with Gasteiger partial charge in [0.05, 0.1) is 25.5 Å². The Kier molecular flexibility index (Phi) is 5.81. The summed E-state index contributed by atoms with van der Waals surface area (Å²) in [6.07, 6.45) is 1.60. The lowest BCUT2D eigenvalue weighted by Gasteiger charge is -2.33. The molecule has 0 bridgehead atoms. The molecule has 1 atom stereocenters. The van der Waals surface area contributed by atoms with Gasteiger partial charge in [-0.15, -0.1) is 0 Å². The summed E-state index contributed by atoms with van der Waals surface area (Å²) in [7, 11) is 0. The predicted octanol–water partition coefficient (Wildman–Crippen LogP) is 1.41. The van der Waals surface area contributed by atoms with E-state index < -0.39 is 11.8 Å². The number of hydrogen-bond donors (Lipinski definition) is 2. The minimum atomic E-state index is -0.689. The third-order valence-electron chi connectivity index (χ3n) is 4.05. The molecule has 1 fully saturated rings. The number of morpholine rings is 1. The number of nitrogens with one attached hydrogen (secondary N) is 2. The van der Waals surface area contributed by atoms with E-state index in [2.05, 4.69) is 15.5 Å². The molecule has 0 spiro atoms. The molecule has 2 aromatic rings. The molecule has 2 N–H and O–H groups in total. The lowest BCUT2D eigenvalue weighted by molar-refractivity contribution is -0.136. The Morgan fingerprint density at radius 2 is 1.80 bits per heavy atom. The smallest absolute Gasteiger partial charge is 0.313 e. The normalized spacial score (nSPS) is 16.2. The third-order valence-corrected chi connectivity index (χ3v) is 4.05. The van der Waals surface area contributed by atoms with Crippen LogP contribution in [-0.4, -0.2) is 49.6 Å². The second-order valence-electron chi connectivity index (χ2n) is 5.71. The Labute approximate surface area is 145 Å². The molecule has 1 aromatic carbocycles. The van der Waals surface area contributed by atoms with Gasteiger partial charge in [0.15, 0.2) is 0 Å². The van der Waals surface area contributed by atoms with E-state index in [-0.39, 0.29) is 12.6 Å². The first-order valence-electron chi connectivity index (χ1n) is 8.23. The Balaban J connectivity index is 1.58.